The summed E-state index contributed by atoms with van der Waals surface area (Å²) in [5, 5.41) is 3.28. The van der Waals surface area contributed by atoms with Crippen molar-refractivity contribution in [1.29, 1.82) is 0 Å². The summed E-state index contributed by atoms with van der Waals surface area (Å²) < 4.78 is 5.19. The minimum atomic E-state index is 0.174. The molecule has 4 heteroatoms. The van der Waals surface area contributed by atoms with Crippen LogP contribution in [0.5, 0.6) is 0 Å². The van der Waals surface area contributed by atoms with Crippen LogP contribution in [0, 0.1) is 0 Å². The molecule has 0 spiro atoms. The van der Waals surface area contributed by atoms with E-state index in [0.717, 1.165) is 36.5 Å². The summed E-state index contributed by atoms with van der Waals surface area (Å²) in [5.41, 5.74) is 7.91. The zero-order valence-electron chi connectivity index (χ0n) is 11.0. The standard InChI is InChI=1S/C13H23N3O/c1-4-5-12-6-11(8-14)7-13(16-12)15-9-10(2)17-3/h6-7,10H,4-5,8-9,14H2,1-3H3,(H,15,16). The van der Waals surface area contributed by atoms with Crippen LogP contribution in [0.25, 0.3) is 0 Å². The summed E-state index contributed by atoms with van der Waals surface area (Å²) in [7, 11) is 1.71. The molecule has 0 radical (unpaired) electrons. The van der Waals surface area contributed by atoms with Gasteiger partial charge in [-0.2, -0.15) is 0 Å². The Balaban J connectivity index is 2.72. The van der Waals surface area contributed by atoms with Gasteiger partial charge in [0.1, 0.15) is 5.82 Å². The van der Waals surface area contributed by atoms with Gasteiger partial charge in [-0.25, -0.2) is 4.98 Å². The van der Waals surface area contributed by atoms with Crippen LogP contribution in [-0.4, -0.2) is 24.7 Å². The maximum atomic E-state index is 5.69. The number of anilines is 1. The first-order valence-electron chi connectivity index (χ1n) is 6.16. The van der Waals surface area contributed by atoms with E-state index in [1.807, 2.05) is 13.0 Å². The van der Waals surface area contributed by atoms with Crippen LogP contribution in [-0.2, 0) is 17.7 Å². The van der Waals surface area contributed by atoms with Gasteiger partial charge < -0.3 is 15.8 Å². The number of nitrogens with zero attached hydrogens (tertiary/aromatic N) is 1. The van der Waals surface area contributed by atoms with Crippen molar-refractivity contribution < 1.29 is 4.74 Å². The summed E-state index contributed by atoms with van der Waals surface area (Å²) in [5.74, 6) is 0.889. The molecule has 4 nitrogen and oxygen atoms in total. The molecule has 1 atom stereocenters. The van der Waals surface area contributed by atoms with E-state index in [0.29, 0.717) is 6.54 Å². The van der Waals surface area contributed by atoms with E-state index in [-0.39, 0.29) is 6.10 Å². The third-order valence-corrected chi connectivity index (χ3v) is 2.65. The lowest BCUT2D eigenvalue weighted by Crippen LogP contribution is -2.19. The summed E-state index contributed by atoms with van der Waals surface area (Å²) in [6, 6.07) is 4.08. The molecule has 0 aromatic carbocycles. The molecule has 0 aliphatic carbocycles. The zero-order chi connectivity index (χ0) is 12.7. The fourth-order valence-corrected chi connectivity index (χ4v) is 1.57. The van der Waals surface area contributed by atoms with E-state index in [9.17, 15) is 0 Å². The Kier molecular flexibility index (Phi) is 5.94. The van der Waals surface area contributed by atoms with E-state index in [1.165, 1.54) is 0 Å². The predicted octanol–water partition coefficient (Wildman–Crippen LogP) is 1.94. The third-order valence-electron chi connectivity index (χ3n) is 2.65. The maximum Gasteiger partial charge on any atom is 0.126 e. The summed E-state index contributed by atoms with van der Waals surface area (Å²) in [4.78, 5) is 4.56. The molecule has 3 N–H and O–H groups in total. The molecule has 96 valence electrons. The highest BCUT2D eigenvalue weighted by Crippen LogP contribution is 2.12. The Morgan fingerprint density at radius 3 is 2.82 bits per heavy atom. The molecule has 0 aliphatic heterocycles. The summed E-state index contributed by atoms with van der Waals surface area (Å²) in [6.07, 6.45) is 2.25. The van der Waals surface area contributed by atoms with Crippen LogP contribution in [0.1, 0.15) is 31.5 Å². The second kappa shape index (κ2) is 7.25. The van der Waals surface area contributed by atoms with Gasteiger partial charge >= 0.3 is 0 Å². The number of ether oxygens (including phenoxy) is 1. The van der Waals surface area contributed by atoms with Crippen LogP contribution in [0.15, 0.2) is 12.1 Å². The third kappa shape index (κ3) is 4.71. The largest absolute Gasteiger partial charge is 0.380 e. The highest BCUT2D eigenvalue weighted by Gasteiger charge is 2.03. The second-order valence-corrected chi connectivity index (χ2v) is 4.23. The van der Waals surface area contributed by atoms with Crippen molar-refractivity contribution in [3.05, 3.63) is 23.4 Å². The van der Waals surface area contributed by atoms with Gasteiger partial charge in [-0.05, 0) is 31.0 Å². The number of nitrogens with two attached hydrogens (primary N) is 1. The normalized spacial score (nSPS) is 12.5. The van der Waals surface area contributed by atoms with E-state index in [2.05, 4.69) is 23.3 Å². The number of rotatable bonds is 7. The van der Waals surface area contributed by atoms with Crippen molar-refractivity contribution >= 4 is 5.82 Å². The van der Waals surface area contributed by atoms with Crippen molar-refractivity contribution in [3.8, 4) is 0 Å². The molecule has 1 rings (SSSR count). The molecule has 1 aromatic rings. The van der Waals surface area contributed by atoms with Crippen molar-refractivity contribution in [3.63, 3.8) is 0 Å². The molecule has 17 heavy (non-hydrogen) atoms. The molecule has 1 heterocycles. The Bertz CT molecular complexity index is 341. The van der Waals surface area contributed by atoms with Gasteiger partial charge in [-0.1, -0.05) is 13.3 Å². The molecule has 0 saturated carbocycles. The molecule has 0 fully saturated rings. The van der Waals surface area contributed by atoms with Gasteiger partial charge in [-0.15, -0.1) is 0 Å². The van der Waals surface area contributed by atoms with Crippen molar-refractivity contribution in [2.24, 2.45) is 5.73 Å². The molecular weight excluding hydrogens is 214 g/mol. The van der Waals surface area contributed by atoms with Crippen molar-refractivity contribution in [1.82, 2.24) is 4.98 Å². The highest BCUT2D eigenvalue weighted by atomic mass is 16.5. The Morgan fingerprint density at radius 1 is 1.47 bits per heavy atom. The van der Waals surface area contributed by atoms with E-state index in [4.69, 9.17) is 10.5 Å². The van der Waals surface area contributed by atoms with Crippen molar-refractivity contribution in [2.45, 2.75) is 39.3 Å². The fraction of sp³-hybridized carbons (Fsp3) is 0.615. The number of aryl methyl sites for hydroxylation is 1. The summed E-state index contributed by atoms with van der Waals surface area (Å²) in [6.45, 7) is 5.47. The van der Waals surface area contributed by atoms with Gasteiger partial charge in [0.2, 0.25) is 0 Å². The topological polar surface area (TPSA) is 60.2 Å². The highest BCUT2D eigenvalue weighted by molar-refractivity contribution is 5.40. The van der Waals surface area contributed by atoms with Crippen LogP contribution in [0.2, 0.25) is 0 Å². The summed E-state index contributed by atoms with van der Waals surface area (Å²) >= 11 is 0. The lowest BCUT2D eigenvalue weighted by Gasteiger charge is -2.13. The number of aromatic nitrogens is 1. The van der Waals surface area contributed by atoms with Gasteiger partial charge in [0.15, 0.2) is 0 Å². The minimum absolute atomic E-state index is 0.174. The Labute approximate surface area is 104 Å². The Hall–Kier alpha value is -1.13. The van der Waals surface area contributed by atoms with E-state index >= 15 is 0 Å². The quantitative estimate of drug-likeness (QED) is 0.761. The van der Waals surface area contributed by atoms with Gasteiger partial charge in [0, 0.05) is 25.9 Å². The maximum absolute atomic E-state index is 5.69. The molecule has 0 bridgehead atoms. The van der Waals surface area contributed by atoms with Crippen LogP contribution < -0.4 is 11.1 Å². The first-order chi connectivity index (χ1) is 8.19. The minimum Gasteiger partial charge on any atom is -0.380 e. The molecular formula is C13H23N3O. The van der Waals surface area contributed by atoms with E-state index < -0.39 is 0 Å². The first kappa shape index (κ1) is 13.9. The smallest absolute Gasteiger partial charge is 0.126 e. The van der Waals surface area contributed by atoms with Gasteiger partial charge in [0.25, 0.3) is 0 Å². The number of pyridine rings is 1. The lowest BCUT2D eigenvalue weighted by atomic mass is 10.1. The number of hydrogen-bond donors (Lipinski definition) is 2. The van der Waals surface area contributed by atoms with Crippen LogP contribution in [0.3, 0.4) is 0 Å². The Morgan fingerprint density at radius 2 is 2.24 bits per heavy atom. The average molecular weight is 237 g/mol. The monoisotopic (exact) mass is 237 g/mol. The SMILES string of the molecule is CCCc1cc(CN)cc(NCC(C)OC)n1. The lowest BCUT2D eigenvalue weighted by molar-refractivity contribution is 0.128. The molecule has 1 aromatic heterocycles. The molecule has 1 unspecified atom stereocenters. The van der Waals surface area contributed by atoms with E-state index in [1.54, 1.807) is 7.11 Å². The van der Waals surface area contributed by atoms with Gasteiger partial charge in [0.05, 0.1) is 6.10 Å². The average Bonchev–Trinajstić information content (AvgIpc) is 2.36. The van der Waals surface area contributed by atoms with Crippen molar-refractivity contribution in [2.75, 3.05) is 19.0 Å². The van der Waals surface area contributed by atoms with Gasteiger partial charge in [-0.3, -0.25) is 0 Å². The number of methoxy groups -OCH3 is 1. The molecule has 0 aliphatic rings. The number of hydrogen-bond acceptors (Lipinski definition) is 4. The zero-order valence-corrected chi connectivity index (χ0v) is 11.0. The fourth-order valence-electron chi connectivity index (χ4n) is 1.57. The van der Waals surface area contributed by atoms with Crippen LogP contribution in [0.4, 0.5) is 5.82 Å². The second-order valence-electron chi connectivity index (χ2n) is 4.23. The molecule has 0 amide bonds. The predicted molar refractivity (Wildman–Crippen MR) is 71.1 cm³/mol. The first-order valence-corrected chi connectivity index (χ1v) is 6.16. The van der Waals surface area contributed by atoms with Crippen LogP contribution >= 0.6 is 0 Å². The molecule has 0 saturated heterocycles. The number of nitrogens with one attached hydrogen (secondary N) is 1.